The monoisotopic (exact) mass is 543 g/mol. The second-order valence-electron chi connectivity index (χ2n) is 11.8. The normalized spacial score (nSPS) is 12.4. The van der Waals surface area contributed by atoms with Gasteiger partial charge in [-0.15, -0.1) is 0 Å². The summed E-state index contributed by atoms with van der Waals surface area (Å²) in [5.41, 5.74) is 0. The van der Waals surface area contributed by atoms with Gasteiger partial charge in [-0.25, -0.2) is 8.42 Å². The van der Waals surface area contributed by atoms with Gasteiger partial charge >= 0.3 is 0 Å². The highest BCUT2D eigenvalue weighted by molar-refractivity contribution is 7.90. The molecule has 0 aromatic heterocycles. The smallest absolute Gasteiger partial charge is 0.219 e. The molecule has 0 rings (SSSR count). The Balaban J connectivity index is 3.40. The average Bonchev–Trinajstić information content (AvgIpc) is 2.82. The maximum atomic E-state index is 12.0. The van der Waals surface area contributed by atoms with Gasteiger partial charge in [-0.3, -0.25) is 4.79 Å². The standard InChI is InChI=1S/C31H62N2O3S/c1-5-6-7-8-9-10-11-12-13-14-15-16-17-18-19-20-21-22-23-26-31(34)32-27-24-28-33(2,3)29-25-30-37(4,35)36/h12-13H,5-11,14-30H2,1-4H3/p+1/b13-12+. The number of carbonyl (C=O) groups excluding carboxylic acids is 1. The maximum Gasteiger partial charge on any atom is 0.219 e. The van der Waals surface area contributed by atoms with E-state index < -0.39 is 9.84 Å². The lowest BCUT2D eigenvalue weighted by Crippen LogP contribution is -2.43. The molecule has 0 saturated carbocycles. The summed E-state index contributed by atoms with van der Waals surface area (Å²) in [7, 11) is 1.37. The first kappa shape index (κ1) is 36.1. The van der Waals surface area contributed by atoms with Gasteiger partial charge in [-0.2, -0.15) is 0 Å². The van der Waals surface area contributed by atoms with E-state index in [0.717, 1.165) is 36.8 Å². The van der Waals surface area contributed by atoms with Crippen LogP contribution in [0.4, 0.5) is 0 Å². The molecule has 0 radical (unpaired) electrons. The molecule has 0 aliphatic carbocycles. The minimum Gasteiger partial charge on any atom is -0.356 e. The number of unbranched alkanes of at least 4 members (excludes halogenated alkanes) is 15. The highest BCUT2D eigenvalue weighted by Gasteiger charge is 2.15. The van der Waals surface area contributed by atoms with Crippen molar-refractivity contribution < 1.29 is 17.7 Å². The fourth-order valence-electron chi connectivity index (χ4n) is 4.75. The van der Waals surface area contributed by atoms with Crippen molar-refractivity contribution in [2.75, 3.05) is 45.7 Å². The Kier molecular flexibility index (Phi) is 23.6. The minimum absolute atomic E-state index is 0.170. The average molecular weight is 544 g/mol. The molecule has 0 aromatic carbocycles. The van der Waals surface area contributed by atoms with E-state index in [1.807, 2.05) is 0 Å². The van der Waals surface area contributed by atoms with Crippen molar-refractivity contribution in [2.24, 2.45) is 0 Å². The molecule has 0 spiro atoms. The topological polar surface area (TPSA) is 63.2 Å². The third-order valence-electron chi connectivity index (χ3n) is 7.21. The van der Waals surface area contributed by atoms with Crippen molar-refractivity contribution in [1.29, 1.82) is 0 Å². The fraction of sp³-hybridized carbons (Fsp3) is 0.903. The molecule has 5 nitrogen and oxygen atoms in total. The van der Waals surface area contributed by atoms with E-state index in [9.17, 15) is 13.2 Å². The van der Waals surface area contributed by atoms with Gasteiger partial charge < -0.3 is 9.80 Å². The van der Waals surface area contributed by atoms with E-state index >= 15 is 0 Å². The number of allylic oxidation sites excluding steroid dienone is 2. The van der Waals surface area contributed by atoms with Crippen LogP contribution in [0.25, 0.3) is 0 Å². The number of quaternary nitrogens is 1. The van der Waals surface area contributed by atoms with Crippen LogP contribution in [0.3, 0.4) is 0 Å². The molecule has 1 N–H and O–H groups in total. The van der Waals surface area contributed by atoms with Crippen molar-refractivity contribution in [3.63, 3.8) is 0 Å². The number of rotatable bonds is 27. The quantitative estimate of drug-likeness (QED) is 0.0659. The SMILES string of the molecule is CCCCCCCC/C=C/CCCCCCCCCCCC(=O)NCCC[N+](C)(C)CCCS(C)(=O)=O. The summed E-state index contributed by atoms with van der Waals surface area (Å²) in [5.74, 6) is 0.422. The number of hydrogen-bond donors (Lipinski definition) is 1. The second-order valence-corrected chi connectivity index (χ2v) is 14.1. The van der Waals surface area contributed by atoms with Crippen molar-refractivity contribution in [2.45, 2.75) is 135 Å². The van der Waals surface area contributed by atoms with Crippen molar-refractivity contribution in [1.82, 2.24) is 5.32 Å². The van der Waals surface area contributed by atoms with Crippen LogP contribution < -0.4 is 5.32 Å². The molecule has 0 atom stereocenters. The van der Waals surface area contributed by atoms with Gasteiger partial charge in [0.15, 0.2) is 0 Å². The van der Waals surface area contributed by atoms with Gasteiger partial charge in [0.2, 0.25) is 5.91 Å². The number of nitrogens with zero attached hydrogens (tertiary/aromatic N) is 1. The third-order valence-corrected chi connectivity index (χ3v) is 8.24. The summed E-state index contributed by atoms with van der Waals surface area (Å²) < 4.78 is 23.3. The predicted octanol–water partition coefficient (Wildman–Crippen LogP) is 7.60. The number of carbonyl (C=O) groups is 1. The molecule has 0 unspecified atom stereocenters. The molecule has 0 saturated heterocycles. The van der Waals surface area contributed by atoms with E-state index in [-0.39, 0.29) is 11.7 Å². The molecule has 0 fully saturated rings. The Morgan fingerprint density at radius 2 is 1.14 bits per heavy atom. The molecule has 1 amide bonds. The van der Waals surface area contributed by atoms with E-state index in [1.54, 1.807) is 0 Å². The van der Waals surface area contributed by atoms with E-state index in [2.05, 4.69) is 38.5 Å². The molecule has 220 valence electrons. The summed E-state index contributed by atoms with van der Waals surface area (Å²) in [4.78, 5) is 12.0. The van der Waals surface area contributed by atoms with Crippen LogP contribution >= 0.6 is 0 Å². The number of amides is 1. The maximum absolute atomic E-state index is 12.0. The third kappa shape index (κ3) is 29.5. The Hall–Kier alpha value is -0.880. The number of hydrogen-bond acceptors (Lipinski definition) is 3. The molecule has 0 bridgehead atoms. The fourth-order valence-corrected chi connectivity index (χ4v) is 5.41. The Morgan fingerprint density at radius 1 is 0.676 bits per heavy atom. The summed E-state index contributed by atoms with van der Waals surface area (Å²) in [5, 5.41) is 3.04. The van der Waals surface area contributed by atoms with E-state index in [4.69, 9.17) is 0 Å². The van der Waals surface area contributed by atoms with Crippen LogP contribution in [0.5, 0.6) is 0 Å². The first-order valence-corrected chi connectivity index (χ1v) is 17.6. The summed E-state index contributed by atoms with van der Waals surface area (Å²) >= 11 is 0. The van der Waals surface area contributed by atoms with Crippen molar-refractivity contribution in [3.05, 3.63) is 12.2 Å². The Labute approximate surface area is 231 Å². The van der Waals surface area contributed by atoms with Crippen LogP contribution in [-0.2, 0) is 14.6 Å². The van der Waals surface area contributed by atoms with Gasteiger partial charge in [0.25, 0.3) is 0 Å². The number of nitrogens with one attached hydrogen (secondary N) is 1. The van der Waals surface area contributed by atoms with Crippen LogP contribution in [0.1, 0.15) is 135 Å². The van der Waals surface area contributed by atoms with Gasteiger partial charge in [-0.1, -0.05) is 96.1 Å². The largest absolute Gasteiger partial charge is 0.356 e. The molecular formula is C31H63N2O3S+. The van der Waals surface area contributed by atoms with Gasteiger partial charge in [-0.05, 0) is 32.1 Å². The van der Waals surface area contributed by atoms with E-state index in [0.29, 0.717) is 19.4 Å². The predicted molar refractivity (Wildman–Crippen MR) is 162 cm³/mol. The molecule has 0 heterocycles. The van der Waals surface area contributed by atoms with Crippen LogP contribution in [0, 0.1) is 0 Å². The lowest BCUT2D eigenvalue weighted by molar-refractivity contribution is -0.890. The van der Waals surface area contributed by atoms with Crippen LogP contribution in [0.2, 0.25) is 0 Å². The zero-order chi connectivity index (χ0) is 27.7. The van der Waals surface area contributed by atoms with Gasteiger partial charge in [0, 0.05) is 32.1 Å². The Bertz CT molecular complexity index is 659. The molecular weight excluding hydrogens is 480 g/mol. The second kappa shape index (κ2) is 24.2. The van der Waals surface area contributed by atoms with Gasteiger partial charge in [0.05, 0.1) is 32.9 Å². The zero-order valence-electron chi connectivity index (χ0n) is 25.2. The van der Waals surface area contributed by atoms with Crippen molar-refractivity contribution >= 4 is 15.7 Å². The Morgan fingerprint density at radius 3 is 1.65 bits per heavy atom. The molecule has 0 aliphatic heterocycles. The molecule has 37 heavy (non-hydrogen) atoms. The lowest BCUT2D eigenvalue weighted by atomic mass is 10.1. The zero-order valence-corrected chi connectivity index (χ0v) is 26.0. The minimum atomic E-state index is -2.88. The first-order valence-electron chi connectivity index (χ1n) is 15.6. The molecule has 6 heteroatoms. The summed E-state index contributed by atoms with van der Waals surface area (Å²) in [6, 6.07) is 0. The first-order chi connectivity index (χ1) is 17.7. The van der Waals surface area contributed by atoms with Gasteiger partial charge in [0.1, 0.15) is 9.84 Å². The highest BCUT2D eigenvalue weighted by Crippen LogP contribution is 2.12. The van der Waals surface area contributed by atoms with E-state index in [1.165, 1.54) is 103 Å². The van der Waals surface area contributed by atoms with Crippen LogP contribution in [0.15, 0.2) is 12.2 Å². The van der Waals surface area contributed by atoms with Crippen LogP contribution in [-0.4, -0.2) is 64.5 Å². The summed E-state index contributed by atoms with van der Waals surface area (Å²) in [6.07, 6.45) is 30.6. The van der Waals surface area contributed by atoms with Crippen molar-refractivity contribution in [3.8, 4) is 0 Å². The number of sulfone groups is 1. The molecule has 0 aliphatic rings. The summed E-state index contributed by atoms with van der Waals surface area (Å²) in [6.45, 7) is 4.77. The highest BCUT2D eigenvalue weighted by atomic mass is 32.2. The molecule has 0 aromatic rings. The lowest BCUT2D eigenvalue weighted by Gasteiger charge is -2.29.